The van der Waals surface area contributed by atoms with E-state index in [0.29, 0.717) is 25.9 Å². The maximum atomic E-state index is 12.2. The Morgan fingerprint density at radius 1 is 1.56 bits per heavy atom. The number of ether oxygens (including phenoxy) is 1. The van der Waals surface area contributed by atoms with E-state index in [9.17, 15) is 9.59 Å². The number of thiazole rings is 1. The summed E-state index contributed by atoms with van der Waals surface area (Å²) >= 11 is 1.48. The van der Waals surface area contributed by atoms with E-state index in [4.69, 9.17) is 4.74 Å². The number of aromatic nitrogens is 1. The molecule has 1 aliphatic rings. The Bertz CT molecular complexity index is 429. The van der Waals surface area contributed by atoms with Gasteiger partial charge in [-0.25, -0.2) is 4.98 Å². The van der Waals surface area contributed by atoms with E-state index in [2.05, 4.69) is 4.98 Å². The van der Waals surface area contributed by atoms with Gasteiger partial charge in [0.1, 0.15) is 5.41 Å². The fraction of sp³-hybridized carbons (Fsp3) is 0.615. The van der Waals surface area contributed by atoms with Gasteiger partial charge in [-0.15, -0.1) is 11.3 Å². The molecule has 1 saturated carbocycles. The van der Waals surface area contributed by atoms with Crippen LogP contribution in [-0.2, 0) is 20.7 Å². The van der Waals surface area contributed by atoms with Gasteiger partial charge in [0.15, 0.2) is 5.78 Å². The topological polar surface area (TPSA) is 56.3 Å². The second kappa shape index (κ2) is 5.61. The maximum Gasteiger partial charge on any atom is 0.320 e. The third kappa shape index (κ3) is 2.46. The molecule has 0 radical (unpaired) electrons. The van der Waals surface area contributed by atoms with Gasteiger partial charge < -0.3 is 4.74 Å². The minimum absolute atomic E-state index is 0.0161. The molecule has 5 heteroatoms. The van der Waals surface area contributed by atoms with Gasteiger partial charge in [-0.1, -0.05) is 6.42 Å². The van der Waals surface area contributed by atoms with E-state index in [1.165, 1.54) is 11.3 Å². The molecular weight excluding hydrogens is 250 g/mol. The fourth-order valence-electron chi connectivity index (χ4n) is 2.43. The highest BCUT2D eigenvalue weighted by Gasteiger charge is 2.48. The minimum atomic E-state index is -0.980. The molecule has 2 rings (SSSR count). The van der Waals surface area contributed by atoms with Crippen LogP contribution in [0.3, 0.4) is 0 Å². The van der Waals surface area contributed by atoms with Crippen LogP contribution in [0.1, 0.15) is 37.6 Å². The van der Waals surface area contributed by atoms with Crippen LogP contribution in [0.25, 0.3) is 0 Å². The quantitative estimate of drug-likeness (QED) is 0.621. The van der Waals surface area contributed by atoms with E-state index < -0.39 is 5.41 Å². The van der Waals surface area contributed by atoms with Crippen LogP contribution in [0.15, 0.2) is 11.6 Å². The molecule has 0 N–H and O–H groups in total. The second-order valence-corrected chi connectivity index (χ2v) is 5.51. The van der Waals surface area contributed by atoms with Gasteiger partial charge in [0, 0.05) is 24.4 Å². The number of nitrogens with zero attached hydrogens (tertiary/aromatic N) is 1. The highest BCUT2D eigenvalue weighted by molar-refractivity contribution is 7.09. The Morgan fingerprint density at radius 2 is 2.39 bits per heavy atom. The third-order valence-electron chi connectivity index (χ3n) is 3.39. The van der Waals surface area contributed by atoms with Crippen LogP contribution in [0.4, 0.5) is 0 Å². The Morgan fingerprint density at radius 3 is 3.00 bits per heavy atom. The summed E-state index contributed by atoms with van der Waals surface area (Å²) in [5.74, 6) is -0.354. The summed E-state index contributed by atoms with van der Waals surface area (Å²) in [6.07, 6.45) is 4.93. The highest BCUT2D eigenvalue weighted by Crippen LogP contribution is 2.38. The lowest BCUT2D eigenvalue weighted by Gasteiger charge is -2.32. The number of ketones is 1. The van der Waals surface area contributed by atoms with Crippen molar-refractivity contribution in [1.82, 2.24) is 4.98 Å². The van der Waals surface area contributed by atoms with Gasteiger partial charge in [-0.05, 0) is 19.8 Å². The van der Waals surface area contributed by atoms with Crippen LogP contribution in [-0.4, -0.2) is 23.3 Å². The standard InChI is InChI=1S/C13H17NO3S/c1-2-17-12(16)13(6-4-3-5-10(13)15)9-11-14-7-8-18-11/h7-8H,2-6,9H2,1H3. The first-order valence-corrected chi connectivity index (χ1v) is 7.16. The summed E-state index contributed by atoms with van der Waals surface area (Å²) in [7, 11) is 0. The molecule has 1 aromatic rings. The summed E-state index contributed by atoms with van der Waals surface area (Å²) in [4.78, 5) is 28.6. The highest BCUT2D eigenvalue weighted by atomic mass is 32.1. The van der Waals surface area contributed by atoms with E-state index >= 15 is 0 Å². The Labute approximate surface area is 110 Å². The van der Waals surface area contributed by atoms with Crippen molar-refractivity contribution in [3.8, 4) is 0 Å². The first kappa shape index (κ1) is 13.2. The average molecular weight is 267 g/mol. The zero-order valence-electron chi connectivity index (χ0n) is 10.5. The summed E-state index contributed by atoms with van der Waals surface area (Å²) in [6, 6.07) is 0. The zero-order chi connectivity index (χ0) is 13.0. The van der Waals surface area contributed by atoms with Gasteiger partial charge in [0.05, 0.1) is 11.6 Å². The lowest BCUT2D eigenvalue weighted by Crippen LogP contribution is -2.44. The second-order valence-electron chi connectivity index (χ2n) is 4.54. The van der Waals surface area contributed by atoms with Crippen LogP contribution < -0.4 is 0 Å². The first-order chi connectivity index (χ1) is 8.69. The third-order valence-corrected chi connectivity index (χ3v) is 4.17. The molecule has 18 heavy (non-hydrogen) atoms. The number of hydrogen-bond acceptors (Lipinski definition) is 5. The van der Waals surface area contributed by atoms with Crippen molar-refractivity contribution in [1.29, 1.82) is 0 Å². The molecule has 0 aliphatic heterocycles. The molecule has 1 fully saturated rings. The van der Waals surface area contributed by atoms with Crippen molar-refractivity contribution in [3.63, 3.8) is 0 Å². The van der Waals surface area contributed by atoms with Crippen molar-refractivity contribution >= 4 is 23.1 Å². The van der Waals surface area contributed by atoms with Gasteiger partial charge in [0.2, 0.25) is 0 Å². The summed E-state index contributed by atoms with van der Waals surface area (Å²) < 4.78 is 5.12. The van der Waals surface area contributed by atoms with Gasteiger partial charge in [0.25, 0.3) is 0 Å². The molecule has 0 aromatic carbocycles. The molecule has 0 amide bonds. The number of esters is 1. The SMILES string of the molecule is CCOC(=O)C1(Cc2nccs2)CCCCC1=O. The number of carbonyl (C=O) groups excluding carboxylic acids is 2. The lowest BCUT2D eigenvalue weighted by molar-refractivity contribution is -0.162. The van der Waals surface area contributed by atoms with E-state index in [-0.39, 0.29) is 11.8 Å². The fourth-order valence-corrected chi connectivity index (χ4v) is 3.16. The van der Waals surface area contributed by atoms with Gasteiger partial charge in [-0.2, -0.15) is 0 Å². The van der Waals surface area contributed by atoms with Crippen molar-refractivity contribution in [3.05, 3.63) is 16.6 Å². The number of Topliss-reactive ketones (excluding diaryl/α,β-unsaturated/α-hetero) is 1. The normalized spacial score (nSPS) is 23.9. The molecule has 0 saturated heterocycles. The van der Waals surface area contributed by atoms with Crippen LogP contribution in [0.2, 0.25) is 0 Å². The van der Waals surface area contributed by atoms with Crippen molar-refractivity contribution in [2.24, 2.45) is 5.41 Å². The van der Waals surface area contributed by atoms with Crippen LogP contribution in [0.5, 0.6) is 0 Å². The van der Waals surface area contributed by atoms with E-state index in [1.807, 2.05) is 5.38 Å². The predicted molar refractivity (Wildman–Crippen MR) is 68.4 cm³/mol. The van der Waals surface area contributed by atoms with Crippen LogP contribution in [0, 0.1) is 5.41 Å². The molecule has 1 unspecified atom stereocenters. The smallest absolute Gasteiger partial charge is 0.320 e. The average Bonchev–Trinajstić information content (AvgIpc) is 2.85. The largest absolute Gasteiger partial charge is 0.465 e. The number of carbonyl (C=O) groups is 2. The molecule has 1 heterocycles. The Hall–Kier alpha value is -1.23. The zero-order valence-corrected chi connectivity index (χ0v) is 11.3. The summed E-state index contributed by atoms with van der Waals surface area (Å²) in [5.41, 5.74) is -0.980. The van der Waals surface area contributed by atoms with Crippen molar-refractivity contribution < 1.29 is 14.3 Å². The Kier molecular flexibility index (Phi) is 4.11. The van der Waals surface area contributed by atoms with E-state index in [1.54, 1.807) is 13.1 Å². The summed E-state index contributed by atoms with van der Waals surface area (Å²) in [5, 5.41) is 2.69. The van der Waals surface area contributed by atoms with E-state index in [0.717, 1.165) is 17.8 Å². The molecule has 1 aliphatic carbocycles. The van der Waals surface area contributed by atoms with Crippen LogP contribution >= 0.6 is 11.3 Å². The first-order valence-electron chi connectivity index (χ1n) is 6.28. The van der Waals surface area contributed by atoms with Gasteiger partial charge in [-0.3, -0.25) is 9.59 Å². The molecular formula is C13H17NO3S. The maximum absolute atomic E-state index is 12.2. The van der Waals surface area contributed by atoms with Crippen molar-refractivity contribution in [2.75, 3.05) is 6.61 Å². The minimum Gasteiger partial charge on any atom is -0.465 e. The lowest BCUT2D eigenvalue weighted by atomic mass is 9.71. The Balaban J connectivity index is 2.26. The van der Waals surface area contributed by atoms with Gasteiger partial charge >= 0.3 is 5.97 Å². The molecule has 1 atom stereocenters. The molecule has 98 valence electrons. The number of rotatable bonds is 4. The molecule has 1 aromatic heterocycles. The number of hydrogen-bond donors (Lipinski definition) is 0. The monoisotopic (exact) mass is 267 g/mol. The predicted octanol–water partition coefficient (Wildman–Crippen LogP) is 2.38. The molecule has 0 spiro atoms. The molecule has 4 nitrogen and oxygen atoms in total. The summed E-state index contributed by atoms with van der Waals surface area (Å²) in [6.45, 7) is 2.08. The van der Waals surface area contributed by atoms with Crippen molar-refractivity contribution in [2.45, 2.75) is 39.0 Å². The molecule has 0 bridgehead atoms.